The van der Waals surface area contributed by atoms with E-state index in [1.165, 1.54) is 0 Å². The molecule has 0 aliphatic carbocycles. The van der Waals surface area contributed by atoms with Crippen molar-refractivity contribution in [2.45, 2.75) is 0 Å². The molecule has 262 valence electrons. The number of hydrogen-bond acceptors (Lipinski definition) is 7. The summed E-state index contributed by atoms with van der Waals surface area (Å²) in [6, 6.07) is 64.1. The monoisotopic (exact) mass is 717 g/mol. The zero-order chi connectivity index (χ0) is 37.7. The first-order chi connectivity index (χ1) is 27.7. The van der Waals surface area contributed by atoms with Gasteiger partial charge in [-0.15, -0.1) is 0 Å². The van der Waals surface area contributed by atoms with Gasteiger partial charge in [-0.1, -0.05) is 176 Å². The normalized spacial score (nSPS) is 10.8. The number of hydrogen-bond donors (Lipinski definition) is 0. The van der Waals surface area contributed by atoms with E-state index in [-0.39, 0.29) is 0 Å². The minimum atomic E-state index is 0.509. The summed E-state index contributed by atoms with van der Waals surface area (Å²) in [5.41, 5.74) is 9.09. The van der Waals surface area contributed by atoms with Gasteiger partial charge in [0.2, 0.25) is 0 Å². The summed E-state index contributed by atoms with van der Waals surface area (Å²) in [6.07, 6.45) is 0. The van der Waals surface area contributed by atoms with Crippen molar-refractivity contribution in [3.05, 3.63) is 194 Å². The third-order valence-electron chi connectivity index (χ3n) is 9.48. The third-order valence-corrected chi connectivity index (χ3v) is 9.48. The first kappa shape index (κ1) is 33.9. The van der Waals surface area contributed by atoms with Gasteiger partial charge in [0.25, 0.3) is 0 Å². The van der Waals surface area contributed by atoms with E-state index in [2.05, 4.69) is 18.2 Å². The van der Waals surface area contributed by atoms with Crippen molar-refractivity contribution in [2.75, 3.05) is 0 Å². The number of rotatable bonds is 8. The highest BCUT2D eigenvalue weighted by Gasteiger charge is 2.20. The molecule has 0 aliphatic rings. The van der Waals surface area contributed by atoms with Crippen LogP contribution in [0, 0.1) is 11.3 Å². The summed E-state index contributed by atoms with van der Waals surface area (Å²) < 4.78 is 0. The second-order valence-corrected chi connectivity index (χ2v) is 13.0. The summed E-state index contributed by atoms with van der Waals surface area (Å²) in [5.74, 6) is 3.35. The molecule has 2 aromatic heterocycles. The Balaban J connectivity index is 1.20. The molecule has 7 aromatic carbocycles. The summed E-state index contributed by atoms with van der Waals surface area (Å²) in [6.45, 7) is 0. The van der Waals surface area contributed by atoms with Crippen LogP contribution in [0.3, 0.4) is 0 Å². The predicted octanol–water partition coefficient (Wildman–Crippen LogP) is 11.3. The average molecular weight is 718 g/mol. The summed E-state index contributed by atoms with van der Waals surface area (Å²) in [7, 11) is 0. The fraction of sp³-hybridized carbons (Fsp3) is 0. The van der Waals surface area contributed by atoms with Crippen LogP contribution in [0.4, 0.5) is 0 Å². The molecule has 2 heterocycles. The van der Waals surface area contributed by atoms with E-state index in [1.807, 2.05) is 176 Å². The lowest BCUT2D eigenvalue weighted by atomic mass is 9.90. The number of benzene rings is 7. The minimum Gasteiger partial charge on any atom is -0.208 e. The van der Waals surface area contributed by atoms with Gasteiger partial charge < -0.3 is 0 Å². The van der Waals surface area contributed by atoms with Gasteiger partial charge in [-0.3, -0.25) is 0 Å². The number of nitriles is 1. The van der Waals surface area contributed by atoms with Crippen LogP contribution >= 0.6 is 0 Å². The van der Waals surface area contributed by atoms with Crippen molar-refractivity contribution in [1.82, 2.24) is 29.9 Å². The van der Waals surface area contributed by atoms with Crippen molar-refractivity contribution in [3.63, 3.8) is 0 Å². The molecule has 0 saturated heterocycles. The van der Waals surface area contributed by atoms with E-state index in [0.29, 0.717) is 40.5 Å². The quantitative estimate of drug-likeness (QED) is 0.154. The molecule has 0 amide bonds. The van der Waals surface area contributed by atoms with Crippen LogP contribution in [0.5, 0.6) is 0 Å². The highest BCUT2D eigenvalue weighted by Crippen LogP contribution is 2.39. The summed E-state index contributed by atoms with van der Waals surface area (Å²) in [4.78, 5) is 29.9. The molecule has 0 fully saturated rings. The molecule has 0 unspecified atom stereocenters. The minimum absolute atomic E-state index is 0.509. The first-order valence-corrected chi connectivity index (χ1v) is 18.2. The van der Waals surface area contributed by atoms with E-state index >= 15 is 0 Å². The van der Waals surface area contributed by atoms with Crippen LogP contribution in [-0.4, -0.2) is 29.9 Å². The van der Waals surface area contributed by atoms with Crippen molar-refractivity contribution in [2.24, 2.45) is 0 Å². The fourth-order valence-electron chi connectivity index (χ4n) is 6.73. The van der Waals surface area contributed by atoms with Gasteiger partial charge in [0.05, 0.1) is 11.6 Å². The highest BCUT2D eigenvalue weighted by molar-refractivity contribution is 5.89. The van der Waals surface area contributed by atoms with Crippen LogP contribution < -0.4 is 0 Å². The Morgan fingerprint density at radius 2 is 0.589 bits per heavy atom. The van der Waals surface area contributed by atoms with E-state index < -0.39 is 0 Å². The van der Waals surface area contributed by atoms with Crippen LogP contribution in [-0.2, 0) is 0 Å². The molecule has 0 atom stereocenters. The second kappa shape index (κ2) is 15.2. The number of aromatic nitrogens is 6. The lowest BCUT2D eigenvalue weighted by molar-refractivity contribution is 1.07. The maximum atomic E-state index is 10.5. The lowest BCUT2D eigenvalue weighted by Gasteiger charge is -2.15. The molecular formula is C49H31N7. The zero-order valence-corrected chi connectivity index (χ0v) is 30.0. The van der Waals surface area contributed by atoms with Gasteiger partial charge in [0, 0.05) is 38.9 Å². The van der Waals surface area contributed by atoms with Crippen LogP contribution in [0.2, 0.25) is 0 Å². The largest absolute Gasteiger partial charge is 0.208 e. The highest BCUT2D eigenvalue weighted by atomic mass is 15.0. The van der Waals surface area contributed by atoms with Crippen molar-refractivity contribution < 1.29 is 0 Å². The topological polar surface area (TPSA) is 101 Å². The van der Waals surface area contributed by atoms with Gasteiger partial charge in [-0.2, -0.15) is 5.26 Å². The number of nitrogens with zero attached hydrogens (tertiary/aromatic N) is 7. The van der Waals surface area contributed by atoms with Gasteiger partial charge in [0.1, 0.15) is 0 Å². The third kappa shape index (κ3) is 6.82. The van der Waals surface area contributed by atoms with Gasteiger partial charge in [0.15, 0.2) is 34.9 Å². The molecule has 0 N–H and O–H groups in total. The molecule has 0 radical (unpaired) electrons. The average Bonchev–Trinajstić information content (AvgIpc) is 3.29. The molecule has 56 heavy (non-hydrogen) atoms. The zero-order valence-electron chi connectivity index (χ0n) is 30.0. The Morgan fingerprint density at radius 3 is 0.982 bits per heavy atom. The molecule has 7 heteroatoms. The molecule has 9 aromatic rings. The molecule has 9 rings (SSSR count). The summed E-state index contributed by atoms with van der Waals surface area (Å²) >= 11 is 0. The molecule has 7 nitrogen and oxygen atoms in total. The van der Waals surface area contributed by atoms with Crippen LogP contribution in [0.1, 0.15) is 5.56 Å². The molecule has 0 bridgehead atoms. The Labute approximate surface area is 324 Å². The fourth-order valence-corrected chi connectivity index (χ4v) is 6.73. The van der Waals surface area contributed by atoms with E-state index in [0.717, 1.165) is 55.6 Å². The Bertz CT molecular complexity index is 2740. The van der Waals surface area contributed by atoms with Gasteiger partial charge in [-0.25, -0.2) is 29.9 Å². The lowest BCUT2D eigenvalue weighted by Crippen LogP contribution is -2.02. The molecular weight excluding hydrogens is 687 g/mol. The standard InChI is InChI=1S/C49H31N7/c50-32-38-30-29-37(39-25-13-15-27-41(39)48-53-44(33-17-5-1-6-18-33)51-45(54-48)34-19-7-2-8-20-34)31-43(38)40-26-14-16-28-42(40)49-55-46(35-21-9-3-10-22-35)52-47(56-49)36-23-11-4-12-24-36/h1-31H. The van der Waals surface area contributed by atoms with Crippen molar-refractivity contribution >= 4 is 0 Å². The Kier molecular flexibility index (Phi) is 9.18. The van der Waals surface area contributed by atoms with Crippen LogP contribution in [0.15, 0.2) is 188 Å². The second-order valence-electron chi connectivity index (χ2n) is 13.0. The van der Waals surface area contributed by atoms with E-state index in [9.17, 15) is 5.26 Å². The smallest absolute Gasteiger partial charge is 0.164 e. The van der Waals surface area contributed by atoms with Gasteiger partial charge >= 0.3 is 0 Å². The Hall–Kier alpha value is -7.95. The Morgan fingerprint density at radius 1 is 0.268 bits per heavy atom. The van der Waals surface area contributed by atoms with E-state index in [4.69, 9.17) is 29.9 Å². The maximum Gasteiger partial charge on any atom is 0.164 e. The summed E-state index contributed by atoms with van der Waals surface area (Å²) in [5, 5.41) is 10.5. The predicted molar refractivity (Wildman–Crippen MR) is 221 cm³/mol. The molecule has 0 spiro atoms. The van der Waals surface area contributed by atoms with E-state index in [1.54, 1.807) is 0 Å². The SMILES string of the molecule is N#Cc1ccc(-c2ccccc2-c2nc(-c3ccccc3)nc(-c3ccccc3)n2)cc1-c1ccccc1-c1nc(-c2ccccc2)nc(-c2ccccc2)n1. The van der Waals surface area contributed by atoms with Crippen molar-refractivity contribution in [1.29, 1.82) is 5.26 Å². The molecule has 0 saturated carbocycles. The maximum absolute atomic E-state index is 10.5. The van der Waals surface area contributed by atoms with Gasteiger partial charge in [-0.05, 0) is 28.8 Å². The van der Waals surface area contributed by atoms with Crippen molar-refractivity contribution in [3.8, 4) is 96.7 Å². The first-order valence-electron chi connectivity index (χ1n) is 18.2. The molecule has 0 aliphatic heterocycles. The van der Waals surface area contributed by atoms with Crippen LogP contribution in [0.25, 0.3) is 90.6 Å².